The lowest BCUT2D eigenvalue weighted by atomic mass is 10.1. The number of hydrogen-bond donors (Lipinski definition) is 1. The van der Waals surface area contributed by atoms with Gasteiger partial charge in [0.25, 0.3) is 0 Å². The van der Waals surface area contributed by atoms with E-state index in [1.165, 1.54) is 96.3 Å². The van der Waals surface area contributed by atoms with Crippen molar-refractivity contribution in [3.63, 3.8) is 0 Å². The molecule has 0 aliphatic rings. The molecule has 1 atom stereocenters. The first kappa shape index (κ1) is 43.1. The molecule has 0 amide bonds. The Kier molecular flexibility index (Phi) is 35.1. The molecular weight excluding hydrogens is 560 g/mol. The molecule has 0 saturated carbocycles. The molecule has 262 valence electrons. The summed E-state index contributed by atoms with van der Waals surface area (Å²) in [5.41, 5.74) is 0. The second kappa shape index (κ2) is 36.6. The highest BCUT2D eigenvalue weighted by atomic mass is 16.6. The topological polar surface area (TPSA) is 72.8 Å². The summed E-state index contributed by atoms with van der Waals surface area (Å²) in [7, 11) is 0. The van der Waals surface area contributed by atoms with Crippen molar-refractivity contribution in [2.75, 3.05) is 13.2 Å². The molecule has 0 aromatic carbocycles. The van der Waals surface area contributed by atoms with Gasteiger partial charge >= 0.3 is 11.9 Å². The van der Waals surface area contributed by atoms with Crippen LogP contribution >= 0.6 is 0 Å². The molecule has 0 heterocycles. The molecule has 0 aromatic heterocycles. The maximum absolute atomic E-state index is 12.1. The molecule has 0 saturated heterocycles. The average Bonchev–Trinajstić information content (AvgIpc) is 3.04. The van der Waals surface area contributed by atoms with Crippen molar-refractivity contribution in [2.45, 2.75) is 193 Å². The van der Waals surface area contributed by atoms with Gasteiger partial charge in [0, 0.05) is 12.8 Å². The van der Waals surface area contributed by atoms with Crippen LogP contribution in [-0.4, -0.2) is 36.4 Å². The van der Waals surface area contributed by atoms with E-state index in [1.807, 2.05) is 0 Å². The smallest absolute Gasteiger partial charge is 0.306 e. The highest BCUT2D eigenvalue weighted by molar-refractivity contribution is 5.70. The minimum atomic E-state index is -0.779. The first-order valence-corrected chi connectivity index (χ1v) is 19.0. The molecule has 5 heteroatoms. The Bertz CT molecular complexity index is 726. The molecule has 45 heavy (non-hydrogen) atoms. The first-order chi connectivity index (χ1) is 22.1. The average molecular weight is 633 g/mol. The normalized spacial score (nSPS) is 12.5. The van der Waals surface area contributed by atoms with Crippen molar-refractivity contribution in [2.24, 2.45) is 0 Å². The molecule has 5 nitrogen and oxygen atoms in total. The van der Waals surface area contributed by atoms with Crippen molar-refractivity contribution < 1.29 is 24.2 Å². The van der Waals surface area contributed by atoms with Gasteiger partial charge in [0.15, 0.2) is 6.10 Å². The van der Waals surface area contributed by atoms with E-state index in [0.717, 1.165) is 64.2 Å². The monoisotopic (exact) mass is 633 g/mol. The van der Waals surface area contributed by atoms with E-state index in [1.54, 1.807) is 0 Å². The summed E-state index contributed by atoms with van der Waals surface area (Å²) in [5.74, 6) is -0.616. The Morgan fingerprint density at radius 1 is 0.511 bits per heavy atom. The number of unbranched alkanes of at least 4 members (excludes halogenated alkanes) is 20. The van der Waals surface area contributed by atoms with Gasteiger partial charge in [0.2, 0.25) is 0 Å². The first-order valence-electron chi connectivity index (χ1n) is 19.0. The van der Waals surface area contributed by atoms with E-state index in [9.17, 15) is 14.7 Å². The number of carbonyl (C=O) groups is 2. The summed E-state index contributed by atoms with van der Waals surface area (Å²) in [6.45, 7) is 4.08. The largest absolute Gasteiger partial charge is 0.462 e. The Morgan fingerprint density at radius 3 is 1.38 bits per heavy atom. The number of carbonyl (C=O) groups excluding carboxylic acids is 2. The highest BCUT2D eigenvalue weighted by Crippen LogP contribution is 2.12. The fourth-order valence-corrected chi connectivity index (χ4v) is 5.22. The van der Waals surface area contributed by atoms with E-state index < -0.39 is 6.10 Å². The summed E-state index contributed by atoms with van der Waals surface area (Å²) >= 11 is 0. The van der Waals surface area contributed by atoms with Crippen LogP contribution in [0.25, 0.3) is 0 Å². The molecule has 0 aliphatic carbocycles. The molecule has 0 aliphatic heterocycles. The number of aliphatic hydroxyl groups excluding tert-OH is 1. The molecule has 0 unspecified atom stereocenters. The Balaban J connectivity index is 3.60. The summed E-state index contributed by atoms with van der Waals surface area (Å²) in [4.78, 5) is 24.2. The van der Waals surface area contributed by atoms with Gasteiger partial charge in [0.1, 0.15) is 6.61 Å². The van der Waals surface area contributed by atoms with Crippen LogP contribution in [-0.2, 0) is 19.1 Å². The number of ether oxygens (including phenoxy) is 2. The molecular formula is C40H72O5. The van der Waals surface area contributed by atoms with Crippen molar-refractivity contribution in [1.82, 2.24) is 0 Å². The molecule has 0 bridgehead atoms. The number of aliphatic hydroxyl groups is 1. The van der Waals surface area contributed by atoms with Gasteiger partial charge in [-0.15, -0.1) is 0 Å². The molecule has 1 N–H and O–H groups in total. The Hall–Kier alpha value is -1.88. The lowest BCUT2D eigenvalue weighted by Crippen LogP contribution is -2.28. The third-order valence-electron chi connectivity index (χ3n) is 8.16. The third-order valence-corrected chi connectivity index (χ3v) is 8.16. The van der Waals surface area contributed by atoms with E-state index >= 15 is 0 Å². The van der Waals surface area contributed by atoms with Gasteiger partial charge in [0.05, 0.1) is 6.61 Å². The number of esters is 2. The molecule has 0 aromatic rings. The Morgan fingerprint density at radius 2 is 0.889 bits per heavy atom. The predicted molar refractivity (Wildman–Crippen MR) is 191 cm³/mol. The molecule has 0 rings (SSSR count). The van der Waals surface area contributed by atoms with Crippen LogP contribution in [0.15, 0.2) is 36.5 Å². The van der Waals surface area contributed by atoms with Gasteiger partial charge in [-0.1, -0.05) is 140 Å². The fraction of sp³-hybridized carbons (Fsp3) is 0.800. The van der Waals surface area contributed by atoms with Crippen LogP contribution in [0.3, 0.4) is 0 Å². The zero-order valence-corrected chi connectivity index (χ0v) is 29.6. The SMILES string of the molecule is CCCCC/C=C\C/C=C\CCCCCCCC(=O)O[C@@H](CO)COC(=O)CCCCCCC/C=C\CCCCCCCCC. The molecule has 0 spiro atoms. The van der Waals surface area contributed by atoms with Crippen LogP contribution in [0.1, 0.15) is 187 Å². The second-order valence-corrected chi connectivity index (χ2v) is 12.6. The summed E-state index contributed by atoms with van der Waals surface area (Å²) in [6.07, 6.45) is 43.4. The van der Waals surface area contributed by atoms with Gasteiger partial charge < -0.3 is 14.6 Å². The standard InChI is InChI=1S/C40H72O5/c1-3-5-7-9-11-13-15-17-19-21-22-24-26-28-30-32-34-39(42)44-37-38(36-41)45-40(43)35-33-31-29-27-25-23-20-18-16-14-12-10-8-6-4-2/h12,14,18-21,38,41H,3-11,13,15-17,22-37H2,1-2H3/b14-12-,20-18-,21-19-/t38-/m0/s1. The van der Waals surface area contributed by atoms with Crippen LogP contribution < -0.4 is 0 Å². The van der Waals surface area contributed by atoms with Gasteiger partial charge in [-0.05, 0) is 70.6 Å². The van der Waals surface area contributed by atoms with Crippen molar-refractivity contribution in [1.29, 1.82) is 0 Å². The summed E-state index contributed by atoms with van der Waals surface area (Å²) in [5, 5.41) is 9.53. The van der Waals surface area contributed by atoms with Crippen LogP contribution in [0, 0.1) is 0 Å². The summed E-state index contributed by atoms with van der Waals surface area (Å²) < 4.78 is 10.6. The minimum absolute atomic E-state index is 0.0750. The van der Waals surface area contributed by atoms with Crippen LogP contribution in [0.5, 0.6) is 0 Å². The maximum Gasteiger partial charge on any atom is 0.306 e. The lowest BCUT2D eigenvalue weighted by Gasteiger charge is -2.15. The van der Waals surface area contributed by atoms with E-state index in [4.69, 9.17) is 9.47 Å². The van der Waals surface area contributed by atoms with E-state index in [2.05, 4.69) is 50.3 Å². The molecule has 0 fully saturated rings. The zero-order valence-electron chi connectivity index (χ0n) is 29.6. The number of rotatable bonds is 34. The van der Waals surface area contributed by atoms with Crippen molar-refractivity contribution >= 4 is 11.9 Å². The predicted octanol–water partition coefficient (Wildman–Crippen LogP) is 11.7. The van der Waals surface area contributed by atoms with Crippen molar-refractivity contribution in [3.05, 3.63) is 36.5 Å². The van der Waals surface area contributed by atoms with Gasteiger partial charge in [-0.3, -0.25) is 9.59 Å². The number of allylic oxidation sites excluding steroid dienone is 6. The van der Waals surface area contributed by atoms with E-state index in [-0.39, 0.29) is 25.2 Å². The van der Waals surface area contributed by atoms with Gasteiger partial charge in [-0.2, -0.15) is 0 Å². The van der Waals surface area contributed by atoms with Gasteiger partial charge in [-0.25, -0.2) is 0 Å². The van der Waals surface area contributed by atoms with Crippen molar-refractivity contribution in [3.8, 4) is 0 Å². The van der Waals surface area contributed by atoms with Crippen LogP contribution in [0.2, 0.25) is 0 Å². The van der Waals surface area contributed by atoms with E-state index in [0.29, 0.717) is 12.8 Å². The second-order valence-electron chi connectivity index (χ2n) is 12.6. The zero-order chi connectivity index (χ0) is 32.9. The minimum Gasteiger partial charge on any atom is -0.462 e. The summed E-state index contributed by atoms with van der Waals surface area (Å²) in [6, 6.07) is 0. The Labute approximate surface area is 278 Å². The third kappa shape index (κ3) is 34.8. The number of hydrogen-bond acceptors (Lipinski definition) is 5. The molecule has 0 radical (unpaired) electrons. The lowest BCUT2D eigenvalue weighted by molar-refractivity contribution is -0.161. The van der Waals surface area contributed by atoms with Crippen LogP contribution in [0.4, 0.5) is 0 Å². The maximum atomic E-state index is 12.1. The fourth-order valence-electron chi connectivity index (χ4n) is 5.22. The highest BCUT2D eigenvalue weighted by Gasteiger charge is 2.16. The quantitative estimate of drug-likeness (QED) is 0.0434.